The smallest absolute Gasteiger partial charge is 0.247 e. The Kier molecular flexibility index (Phi) is 11.3. The van der Waals surface area contributed by atoms with Crippen molar-refractivity contribution < 1.29 is 29.6 Å². The minimum atomic E-state index is -1.28. The summed E-state index contributed by atoms with van der Waals surface area (Å²) in [5.41, 5.74) is 3.73. The summed E-state index contributed by atoms with van der Waals surface area (Å²) < 4.78 is 5.96. The minimum absolute atomic E-state index is 0.00731. The number of carbonyl (C=O) groups excluding carboxylic acids is 2. The van der Waals surface area contributed by atoms with Crippen molar-refractivity contribution in [3.63, 3.8) is 0 Å². The van der Waals surface area contributed by atoms with Gasteiger partial charge in [0, 0.05) is 19.5 Å². The molecule has 2 aromatic carbocycles. The van der Waals surface area contributed by atoms with Crippen LogP contribution in [0, 0.1) is 12.8 Å². The van der Waals surface area contributed by atoms with Crippen molar-refractivity contribution in [2.75, 3.05) is 19.3 Å². The van der Waals surface area contributed by atoms with Gasteiger partial charge in [-0.2, -0.15) is 0 Å². The molecule has 2 amide bonds. The first-order chi connectivity index (χ1) is 20.4. The van der Waals surface area contributed by atoms with Crippen LogP contribution in [0.25, 0.3) is 0 Å². The lowest BCUT2D eigenvalue weighted by molar-refractivity contribution is -0.200. The number of amides is 2. The molecule has 2 saturated heterocycles. The van der Waals surface area contributed by atoms with Crippen LogP contribution in [-0.2, 0) is 27.2 Å². The molecule has 2 fully saturated rings. The second-order valence-electron chi connectivity index (χ2n) is 12.8. The fourth-order valence-electron chi connectivity index (χ4n) is 5.95. The molecule has 43 heavy (non-hydrogen) atoms. The van der Waals surface area contributed by atoms with E-state index in [4.69, 9.17) is 4.74 Å². The molecule has 2 aliphatic rings. The lowest BCUT2D eigenvalue weighted by Crippen LogP contribution is -2.57. The Morgan fingerprint density at radius 3 is 2.30 bits per heavy atom. The number of nitrogens with zero attached hydrogens (tertiary/aromatic N) is 1. The van der Waals surface area contributed by atoms with E-state index in [1.165, 1.54) is 11.8 Å². The Balaban J connectivity index is 1.29. The van der Waals surface area contributed by atoms with Crippen molar-refractivity contribution in [1.82, 2.24) is 10.2 Å². The van der Waals surface area contributed by atoms with Gasteiger partial charge in [0.15, 0.2) is 0 Å². The molecule has 4 rings (SSSR count). The fourth-order valence-corrected chi connectivity index (χ4v) is 6.62. The lowest BCUT2D eigenvalue weighted by Gasteiger charge is -2.40. The van der Waals surface area contributed by atoms with Crippen molar-refractivity contribution in [2.45, 2.75) is 102 Å². The van der Waals surface area contributed by atoms with Gasteiger partial charge in [-0.3, -0.25) is 9.59 Å². The van der Waals surface area contributed by atoms with Crippen molar-refractivity contribution in [1.29, 1.82) is 0 Å². The molecule has 0 saturated carbocycles. The van der Waals surface area contributed by atoms with Crippen LogP contribution in [0.3, 0.4) is 0 Å². The number of rotatable bonds is 10. The molecule has 2 aromatic rings. The summed E-state index contributed by atoms with van der Waals surface area (Å²) in [7, 11) is 0. The highest BCUT2D eigenvalue weighted by molar-refractivity contribution is 7.99. The lowest BCUT2D eigenvalue weighted by atomic mass is 9.91. The third-order valence-electron chi connectivity index (χ3n) is 8.85. The topological polar surface area (TPSA) is 119 Å². The van der Waals surface area contributed by atoms with E-state index in [2.05, 4.69) is 36.5 Å². The molecule has 5 atom stereocenters. The van der Waals surface area contributed by atoms with Crippen molar-refractivity contribution in [3.05, 3.63) is 70.3 Å². The van der Waals surface area contributed by atoms with Gasteiger partial charge in [-0.15, -0.1) is 11.8 Å². The zero-order valence-electron chi connectivity index (χ0n) is 26.1. The van der Waals surface area contributed by atoms with Gasteiger partial charge in [-0.1, -0.05) is 49.4 Å². The third-order valence-corrected chi connectivity index (χ3v) is 9.70. The maximum atomic E-state index is 13.0. The summed E-state index contributed by atoms with van der Waals surface area (Å²) in [5.74, 6) is 0.531. The van der Waals surface area contributed by atoms with E-state index in [-0.39, 0.29) is 11.8 Å². The van der Waals surface area contributed by atoms with E-state index < -0.39 is 35.4 Å². The predicted octanol–water partition coefficient (Wildman–Crippen LogP) is 3.90. The molecule has 0 radical (unpaired) electrons. The monoisotopic (exact) mass is 612 g/mol. The van der Waals surface area contributed by atoms with Crippen molar-refractivity contribution in [3.8, 4) is 0 Å². The number of hydrogen-bond acceptors (Lipinski definition) is 7. The first kappa shape index (κ1) is 33.5. The molecule has 9 heteroatoms. The molecule has 0 unspecified atom stereocenters. The Morgan fingerprint density at radius 1 is 1.00 bits per heavy atom. The zero-order chi connectivity index (χ0) is 31.3. The number of nitrogens with one attached hydrogen (secondary N) is 1. The number of likely N-dealkylation sites (tertiary alicyclic amines) is 1. The number of aryl methyl sites for hydroxylation is 2. The number of benzene rings is 2. The highest BCUT2D eigenvalue weighted by atomic mass is 32.2. The van der Waals surface area contributed by atoms with E-state index in [1.807, 2.05) is 30.0 Å². The molecule has 8 nitrogen and oxygen atoms in total. The summed E-state index contributed by atoms with van der Waals surface area (Å²) >= 11 is 1.30. The van der Waals surface area contributed by atoms with Gasteiger partial charge in [-0.05, 0) is 92.9 Å². The van der Waals surface area contributed by atoms with Gasteiger partial charge in [0.05, 0.1) is 0 Å². The number of piperidine rings is 1. The van der Waals surface area contributed by atoms with E-state index in [0.29, 0.717) is 25.2 Å². The summed E-state index contributed by atoms with van der Waals surface area (Å²) in [6.45, 7) is 9.35. The van der Waals surface area contributed by atoms with Crippen LogP contribution in [-0.4, -0.2) is 80.7 Å². The predicted molar refractivity (Wildman–Crippen MR) is 170 cm³/mol. The number of hydrogen-bond donors (Lipinski definition) is 4. The van der Waals surface area contributed by atoms with Crippen LogP contribution in [0.4, 0.5) is 0 Å². The first-order valence-corrected chi connectivity index (χ1v) is 16.7. The molecule has 2 heterocycles. The molecule has 0 aromatic heterocycles. The van der Waals surface area contributed by atoms with Gasteiger partial charge in [0.2, 0.25) is 11.8 Å². The number of carbonyl (C=O) groups is 2. The largest absolute Gasteiger partial charge is 0.387 e. The quantitative estimate of drug-likeness (QED) is 0.321. The molecular weight excluding hydrogens is 564 g/mol. The average molecular weight is 613 g/mol. The van der Waals surface area contributed by atoms with E-state index >= 15 is 0 Å². The number of aliphatic hydroxyl groups is 3. The van der Waals surface area contributed by atoms with Crippen LogP contribution in [0.1, 0.15) is 80.4 Å². The first-order valence-electron chi connectivity index (χ1n) is 15.4. The molecule has 0 spiro atoms. The number of ether oxygens (including phenoxy) is 1. The highest BCUT2D eigenvalue weighted by Crippen LogP contribution is 2.36. The Labute approximate surface area is 260 Å². The molecule has 0 aliphatic carbocycles. The zero-order valence-corrected chi connectivity index (χ0v) is 26.9. The van der Waals surface area contributed by atoms with Crippen molar-refractivity contribution >= 4 is 23.6 Å². The maximum Gasteiger partial charge on any atom is 0.247 e. The number of aliphatic hydroxyl groups excluding tert-OH is 3. The van der Waals surface area contributed by atoms with Gasteiger partial charge in [0.1, 0.15) is 35.4 Å². The normalized spacial score (nSPS) is 25.0. The second-order valence-corrected chi connectivity index (χ2v) is 13.7. The molecule has 2 aliphatic heterocycles. The van der Waals surface area contributed by atoms with Gasteiger partial charge >= 0.3 is 0 Å². The van der Waals surface area contributed by atoms with E-state index in [1.54, 1.807) is 20.1 Å². The molecule has 4 N–H and O–H groups in total. The fraction of sp³-hybridized carbons (Fsp3) is 0.588. The number of thioether (sulfide) groups is 1. The van der Waals surface area contributed by atoms with Crippen LogP contribution in [0.5, 0.6) is 0 Å². The van der Waals surface area contributed by atoms with Gasteiger partial charge < -0.3 is 30.3 Å². The maximum absolute atomic E-state index is 13.0. The third kappa shape index (κ3) is 8.39. The highest BCUT2D eigenvalue weighted by Gasteiger charge is 2.44. The van der Waals surface area contributed by atoms with E-state index in [0.717, 1.165) is 60.2 Å². The molecule has 0 bridgehead atoms. The standard InChI is InChI=1S/C34H48N2O6S/c1-21-15-17-36(18-16-21)33(41)34(3,4)35-27(37)8-6-7-23-10-12-24(13-11-23)19-26-20-25(14-9-22(26)2)31-29(39)28(38)30(40)32(42-31)43-5/h9-14,20-21,28-32,38-40H,6-8,15-19H2,1-5H3,(H,35,37)/t28-,29-,30+,31+,32-/m1/s1. The second kappa shape index (κ2) is 14.6. The van der Waals surface area contributed by atoms with Gasteiger partial charge in [0.25, 0.3) is 0 Å². The minimum Gasteiger partial charge on any atom is -0.387 e. The summed E-state index contributed by atoms with van der Waals surface area (Å²) in [6.07, 6.45) is 1.95. The Bertz CT molecular complexity index is 1240. The SMILES string of the molecule is CS[C@H]1O[C@@H](c2ccc(C)c(Cc3ccc(CCCC(=O)NC(C)(C)C(=O)N4CCC(C)CC4)cc3)c2)[C@H](O)[C@@H](O)[C@@H]1O. The van der Waals surface area contributed by atoms with Crippen LogP contribution >= 0.6 is 11.8 Å². The van der Waals surface area contributed by atoms with Crippen molar-refractivity contribution in [2.24, 2.45) is 5.92 Å². The average Bonchev–Trinajstić information content (AvgIpc) is 2.98. The van der Waals surface area contributed by atoms with E-state index in [9.17, 15) is 24.9 Å². The summed E-state index contributed by atoms with van der Waals surface area (Å²) in [5, 5.41) is 34.1. The Hall–Kier alpha value is -2.43. The molecular formula is C34H48N2O6S. The Morgan fingerprint density at radius 2 is 1.65 bits per heavy atom. The summed E-state index contributed by atoms with van der Waals surface area (Å²) in [6, 6.07) is 14.3. The van der Waals surface area contributed by atoms with Crippen LogP contribution in [0.2, 0.25) is 0 Å². The summed E-state index contributed by atoms with van der Waals surface area (Å²) in [4.78, 5) is 27.5. The molecule has 236 valence electrons. The van der Waals surface area contributed by atoms with Crippen LogP contribution < -0.4 is 5.32 Å². The van der Waals surface area contributed by atoms with Gasteiger partial charge in [-0.25, -0.2) is 0 Å². The van der Waals surface area contributed by atoms with Crippen LogP contribution in [0.15, 0.2) is 42.5 Å².